The molecule has 0 spiro atoms. The summed E-state index contributed by atoms with van der Waals surface area (Å²) in [5, 5.41) is 0. The number of anilines is 2. The van der Waals surface area contributed by atoms with Crippen molar-refractivity contribution in [2.75, 3.05) is 17.7 Å². The van der Waals surface area contributed by atoms with E-state index < -0.39 is 0 Å². The predicted molar refractivity (Wildman–Crippen MR) is 54.7 cm³/mol. The summed E-state index contributed by atoms with van der Waals surface area (Å²) in [6, 6.07) is 4.42. The van der Waals surface area contributed by atoms with Gasteiger partial charge in [0.15, 0.2) is 0 Å². The second-order valence-corrected chi connectivity index (χ2v) is 3.64. The zero-order chi connectivity index (χ0) is 9.26. The molecule has 0 bridgehead atoms. The molecule has 1 heterocycles. The maximum absolute atomic E-state index is 5.69. The minimum atomic E-state index is 0.675. The molecule has 3 heteroatoms. The summed E-state index contributed by atoms with van der Waals surface area (Å²) in [4.78, 5) is 6.51. The van der Waals surface area contributed by atoms with E-state index in [1.807, 2.05) is 12.1 Å². The molecule has 13 heavy (non-hydrogen) atoms. The summed E-state index contributed by atoms with van der Waals surface area (Å²) in [6.07, 6.45) is 5.68. The predicted octanol–water partition coefficient (Wildman–Crippen LogP) is 1.65. The molecule has 0 atom stereocenters. The van der Waals surface area contributed by atoms with E-state index in [2.05, 4.69) is 16.9 Å². The van der Waals surface area contributed by atoms with Gasteiger partial charge >= 0.3 is 0 Å². The maximum Gasteiger partial charge on any atom is 0.130 e. The minimum absolute atomic E-state index is 0.675. The van der Waals surface area contributed by atoms with Gasteiger partial charge in [0.05, 0.1) is 0 Å². The van der Waals surface area contributed by atoms with Crippen LogP contribution in [0.5, 0.6) is 0 Å². The van der Waals surface area contributed by atoms with Crippen LogP contribution in [0.4, 0.5) is 11.5 Å². The Hall–Kier alpha value is -1.25. The van der Waals surface area contributed by atoms with Crippen molar-refractivity contribution in [3.63, 3.8) is 0 Å². The fourth-order valence-electron chi connectivity index (χ4n) is 1.59. The first kappa shape index (κ1) is 8.35. The van der Waals surface area contributed by atoms with Crippen LogP contribution in [0, 0.1) is 0 Å². The third kappa shape index (κ3) is 1.59. The third-order valence-corrected chi connectivity index (χ3v) is 2.75. The Morgan fingerprint density at radius 1 is 1.54 bits per heavy atom. The maximum atomic E-state index is 5.69. The zero-order valence-electron chi connectivity index (χ0n) is 7.90. The quantitative estimate of drug-likeness (QED) is 0.747. The fraction of sp³-hybridized carbons (Fsp3) is 0.500. The van der Waals surface area contributed by atoms with E-state index in [0.717, 1.165) is 11.5 Å². The second-order valence-electron chi connectivity index (χ2n) is 3.64. The van der Waals surface area contributed by atoms with Crippen LogP contribution in [0.1, 0.15) is 19.3 Å². The van der Waals surface area contributed by atoms with Crippen molar-refractivity contribution in [3.8, 4) is 0 Å². The molecule has 1 aromatic heterocycles. The summed E-state index contributed by atoms with van der Waals surface area (Å²) >= 11 is 0. The minimum Gasteiger partial charge on any atom is -0.399 e. The number of hydrogen-bond acceptors (Lipinski definition) is 3. The Morgan fingerprint density at radius 3 is 2.85 bits per heavy atom. The topological polar surface area (TPSA) is 42.1 Å². The highest BCUT2D eigenvalue weighted by atomic mass is 15.2. The second kappa shape index (κ2) is 3.24. The molecule has 2 N–H and O–H groups in total. The third-order valence-electron chi connectivity index (χ3n) is 2.75. The van der Waals surface area contributed by atoms with Crippen molar-refractivity contribution < 1.29 is 0 Å². The van der Waals surface area contributed by atoms with Gasteiger partial charge in [0.2, 0.25) is 0 Å². The molecular weight excluding hydrogens is 162 g/mol. The van der Waals surface area contributed by atoms with Crippen molar-refractivity contribution in [1.29, 1.82) is 0 Å². The Bertz CT molecular complexity index is 294. The Kier molecular flexibility index (Phi) is 2.08. The van der Waals surface area contributed by atoms with E-state index in [9.17, 15) is 0 Å². The average molecular weight is 177 g/mol. The average Bonchev–Trinajstić information content (AvgIpc) is 2.01. The molecule has 3 nitrogen and oxygen atoms in total. The Morgan fingerprint density at radius 2 is 2.31 bits per heavy atom. The molecular formula is C10H15N3. The van der Waals surface area contributed by atoms with E-state index in [1.165, 1.54) is 19.3 Å². The van der Waals surface area contributed by atoms with Crippen LogP contribution in [-0.2, 0) is 0 Å². The van der Waals surface area contributed by atoms with Gasteiger partial charge in [0.25, 0.3) is 0 Å². The van der Waals surface area contributed by atoms with Gasteiger partial charge < -0.3 is 10.6 Å². The van der Waals surface area contributed by atoms with Gasteiger partial charge in [-0.15, -0.1) is 0 Å². The van der Waals surface area contributed by atoms with Crippen LogP contribution in [0.2, 0.25) is 0 Å². The summed E-state index contributed by atoms with van der Waals surface area (Å²) in [7, 11) is 2.09. The number of nitrogens with two attached hydrogens (primary N) is 1. The zero-order valence-corrected chi connectivity index (χ0v) is 7.90. The molecule has 1 saturated carbocycles. The largest absolute Gasteiger partial charge is 0.399 e. The molecule has 1 aliphatic carbocycles. The van der Waals surface area contributed by atoms with Crippen molar-refractivity contribution in [1.82, 2.24) is 4.98 Å². The summed E-state index contributed by atoms with van der Waals surface area (Å²) in [6.45, 7) is 0. The summed E-state index contributed by atoms with van der Waals surface area (Å²) in [5.74, 6) is 0.990. The number of rotatable bonds is 2. The first-order valence-corrected chi connectivity index (χ1v) is 4.72. The SMILES string of the molecule is CN(c1cc(N)ccn1)C1CCC1. The van der Waals surface area contributed by atoms with Gasteiger partial charge in [-0.05, 0) is 25.3 Å². The van der Waals surface area contributed by atoms with Gasteiger partial charge in [-0.2, -0.15) is 0 Å². The molecule has 0 aliphatic heterocycles. The van der Waals surface area contributed by atoms with Crippen LogP contribution < -0.4 is 10.6 Å². The first-order valence-electron chi connectivity index (χ1n) is 4.72. The van der Waals surface area contributed by atoms with Gasteiger partial charge in [0, 0.05) is 31.0 Å². The Labute approximate surface area is 78.6 Å². The van der Waals surface area contributed by atoms with Crippen molar-refractivity contribution in [2.24, 2.45) is 0 Å². The lowest BCUT2D eigenvalue weighted by atomic mass is 9.92. The van der Waals surface area contributed by atoms with Gasteiger partial charge in [-0.3, -0.25) is 0 Å². The van der Waals surface area contributed by atoms with Crippen LogP contribution >= 0.6 is 0 Å². The first-order chi connectivity index (χ1) is 6.27. The lowest BCUT2D eigenvalue weighted by molar-refractivity contribution is 0.399. The highest BCUT2D eigenvalue weighted by Crippen LogP contribution is 2.27. The molecule has 70 valence electrons. The molecule has 1 aromatic rings. The summed E-state index contributed by atoms with van der Waals surface area (Å²) < 4.78 is 0. The van der Waals surface area contributed by atoms with Gasteiger partial charge in [0.1, 0.15) is 5.82 Å². The van der Waals surface area contributed by atoms with E-state index >= 15 is 0 Å². The molecule has 0 unspecified atom stereocenters. The van der Waals surface area contributed by atoms with E-state index in [-0.39, 0.29) is 0 Å². The van der Waals surface area contributed by atoms with Crippen molar-refractivity contribution in [2.45, 2.75) is 25.3 Å². The number of hydrogen-bond donors (Lipinski definition) is 1. The lowest BCUT2D eigenvalue weighted by Gasteiger charge is -2.35. The molecule has 0 radical (unpaired) electrons. The van der Waals surface area contributed by atoms with Crippen LogP contribution in [0.25, 0.3) is 0 Å². The molecule has 1 fully saturated rings. The van der Waals surface area contributed by atoms with Gasteiger partial charge in [-0.25, -0.2) is 4.98 Å². The molecule has 0 amide bonds. The number of nitrogens with zero attached hydrogens (tertiary/aromatic N) is 2. The van der Waals surface area contributed by atoms with Gasteiger partial charge in [-0.1, -0.05) is 0 Å². The molecule has 2 rings (SSSR count). The van der Waals surface area contributed by atoms with Crippen LogP contribution in [-0.4, -0.2) is 18.1 Å². The molecule has 1 aliphatic rings. The lowest BCUT2D eigenvalue weighted by Crippen LogP contribution is -2.37. The van der Waals surface area contributed by atoms with Crippen LogP contribution in [0.3, 0.4) is 0 Å². The number of nitrogen functional groups attached to an aromatic ring is 1. The normalized spacial score (nSPS) is 16.7. The van der Waals surface area contributed by atoms with Crippen molar-refractivity contribution in [3.05, 3.63) is 18.3 Å². The highest BCUT2D eigenvalue weighted by Gasteiger charge is 2.22. The van der Waals surface area contributed by atoms with E-state index in [0.29, 0.717) is 6.04 Å². The standard InChI is InChI=1S/C10H15N3/c1-13(9-3-2-4-9)10-7-8(11)5-6-12-10/h5-7,9H,2-4H2,1H3,(H2,11,12). The smallest absolute Gasteiger partial charge is 0.130 e. The van der Waals surface area contributed by atoms with E-state index in [1.54, 1.807) is 6.20 Å². The fourth-order valence-corrected chi connectivity index (χ4v) is 1.59. The van der Waals surface area contributed by atoms with Crippen molar-refractivity contribution >= 4 is 11.5 Å². The molecule has 0 saturated heterocycles. The monoisotopic (exact) mass is 177 g/mol. The number of aromatic nitrogens is 1. The number of pyridine rings is 1. The Balaban J connectivity index is 2.14. The highest BCUT2D eigenvalue weighted by molar-refractivity contribution is 5.50. The van der Waals surface area contributed by atoms with Crippen LogP contribution in [0.15, 0.2) is 18.3 Å². The molecule has 0 aromatic carbocycles. The van der Waals surface area contributed by atoms with E-state index in [4.69, 9.17) is 5.73 Å². The summed E-state index contributed by atoms with van der Waals surface area (Å²) in [5.41, 5.74) is 6.48.